The van der Waals surface area contributed by atoms with Crippen molar-refractivity contribution in [3.63, 3.8) is 0 Å². The first kappa shape index (κ1) is 16.5. The second kappa shape index (κ2) is 5.59. The van der Waals surface area contributed by atoms with Gasteiger partial charge in [-0.05, 0) is 13.3 Å². The highest BCUT2D eigenvalue weighted by molar-refractivity contribution is 6.72. The van der Waals surface area contributed by atoms with Crippen LogP contribution in [0, 0.1) is 0 Å². The van der Waals surface area contributed by atoms with Crippen molar-refractivity contribution >= 4 is 24.9 Å². The summed E-state index contributed by atoms with van der Waals surface area (Å²) in [6, 6.07) is 9.07. The zero-order valence-electron chi connectivity index (χ0n) is 13.8. The van der Waals surface area contributed by atoms with Gasteiger partial charge in [-0.3, -0.25) is 9.59 Å². The predicted octanol–water partition coefficient (Wildman–Crippen LogP) is 1.13. The molecule has 2 aliphatic heterocycles. The first-order chi connectivity index (χ1) is 11.4. The lowest BCUT2D eigenvalue weighted by Crippen LogP contribution is -2.72. The van der Waals surface area contributed by atoms with Crippen LogP contribution in [0.25, 0.3) is 0 Å². The van der Waals surface area contributed by atoms with Crippen LogP contribution >= 0.6 is 0 Å². The van der Waals surface area contributed by atoms with E-state index in [-0.39, 0.29) is 23.9 Å². The number of fused-ring (bicyclic) bond motifs is 1. The van der Waals surface area contributed by atoms with Crippen molar-refractivity contribution in [2.45, 2.75) is 18.7 Å². The Morgan fingerprint density at radius 2 is 1.75 bits per heavy atom. The molecular formula is C17H20BNO5. The van der Waals surface area contributed by atoms with E-state index in [2.05, 4.69) is 0 Å². The molecule has 126 valence electrons. The number of carbonyl (C=O) groups is 3. The molecule has 6 nitrogen and oxygen atoms in total. The molecule has 0 bridgehead atoms. The number of likely N-dealkylation sites (N-methyl/N-ethyl adjacent to an activating group) is 1. The van der Waals surface area contributed by atoms with Crippen molar-refractivity contribution in [2.24, 2.45) is 0 Å². The maximum atomic E-state index is 12.4. The van der Waals surface area contributed by atoms with Crippen LogP contribution in [-0.2, 0) is 29.0 Å². The molecule has 0 N–H and O–H groups in total. The first-order valence-electron chi connectivity index (χ1n) is 7.98. The molecule has 7 heteroatoms. The number of carbonyl (C=O) groups excluding carboxylic acids is 3. The Kier molecular flexibility index (Phi) is 3.84. The van der Waals surface area contributed by atoms with E-state index >= 15 is 0 Å². The number of allylic oxidation sites excluding steroid dienone is 2. The molecule has 3 rings (SSSR count). The summed E-state index contributed by atoms with van der Waals surface area (Å²) < 4.78 is 11.3. The molecule has 0 aliphatic carbocycles. The molecule has 2 heterocycles. The van der Waals surface area contributed by atoms with Crippen molar-refractivity contribution in [1.82, 2.24) is 0 Å². The second-order valence-corrected chi connectivity index (χ2v) is 6.74. The fourth-order valence-electron chi connectivity index (χ4n) is 4.10. The Bertz CT molecular complexity index is 697. The summed E-state index contributed by atoms with van der Waals surface area (Å²) in [6.07, 6.45) is 4.72. The van der Waals surface area contributed by atoms with Crippen LogP contribution in [0.5, 0.6) is 0 Å². The summed E-state index contributed by atoms with van der Waals surface area (Å²) in [5, 5.41) is -1.25. The Morgan fingerprint density at radius 3 is 2.25 bits per heavy atom. The molecular weight excluding hydrogens is 309 g/mol. The topological polar surface area (TPSA) is 69.7 Å². The van der Waals surface area contributed by atoms with Gasteiger partial charge in [0.2, 0.25) is 0 Å². The number of nitrogens with zero attached hydrogens (tertiary/aromatic N) is 1. The van der Waals surface area contributed by atoms with Crippen molar-refractivity contribution in [1.29, 1.82) is 0 Å². The van der Waals surface area contributed by atoms with Crippen LogP contribution in [0.1, 0.15) is 18.9 Å². The molecule has 0 amide bonds. The number of hydrogen-bond acceptors (Lipinski definition) is 5. The molecule has 0 aromatic heterocycles. The van der Waals surface area contributed by atoms with Gasteiger partial charge in [0.1, 0.15) is 19.4 Å². The summed E-state index contributed by atoms with van der Waals surface area (Å²) in [4.78, 5) is 36.6. The van der Waals surface area contributed by atoms with Crippen molar-refractivity contribution in [3.05, 3.63) is 48.0 Å². The van der Waals surface area contributed by atoms with Gasteiger partial charge < -0.3 is 18.5 Å². The Balaban J connectivity index is 2.26. The first-order valence-corrected chi connectivity index (χ1v) is 7.98. The van der Waals surface area contributed by atoms with E-state index in [4.69, 9.17) is 9.31 Å². The van der Waals surface area contributed by atoms with Gasteiger partial charge in [-0.2, -0.15) is 0 Å². The Morgan fingerprint density at radius 1 is 1.17 bits per heavy atom. The maximum absolute atomic E-state index is 12.4. The summed E-state index contributed by atoms with van der Waals surface area (Å²) in [5.74, 6) is -0.903. The number of aldehydes is 1. The average molecular weight is 329 g/mol. The largest absolute Gasteiger partial charge is 0.601 e. The highest BCUT2D eigenvalue weighted by Crippen LogP contribution is 2.48. The van der Waals surface area contributed by atoms with E-state index in [1.54, 1.807) is 19.2 Å². The monoisotopic (exact) mass is 329 g/mol. The van der Waals surface area contributed by atoms with E-state index in [9.17, 15) is 14.4 Å². The number of benzene rings is 1. The molecule has 0 spiro atoms. The van der Waals surface area contributed by atoms with Crippen molar-refractivity contribution < 1.29 is 28.1 Å². The van der Waals surface area contributed by atoms with Crippen LogP contribution < -0.4 is 0 Å². The molecule has 24 heavy (non-hydrogen) atoms. The lowest BCUT2D eigenvalue weighted by atomic mass is 9.41. The molecule has 1 aromatic carbocycles. The van der Waals surface area contributed by atoms with Crippen LogP contribution in [0.4, 0.5) is 0 Å². The molecule has 1 atom stereocenters. The van der Waals surface area contributed by atoms with Gasteiger partial charge in [-0.1, -0.05) is 48.0 Å². The van der Waals surface area contributed by atoms with E-state index in [1.165, 1.54) is 0 Å². The van der Waals surface area contributed by atoms with Crippen molar-refractivity contribution in [2.75, 3.05) is 20.1 Å². The zero-order valence-corrected chi connectivity index (χ0v) is 13.8. The zero-order chi connectivity index (χ0) is 17.4. The molecule has 0 saturated carbocycles. The normalized spacial score (nSPS) is 31.4. The van der Waals surface area contributed by atoms with Crippen LogP contribution in [-0.4, -0.2) is 49.4 Å². The Labute approximate surface area is 140 Å². The number of quaternary nitrogens is 1. The Hall–Kier alpha value is -2.41. The summed E-state index contributed by atoms with van der Waals surface area (Å²) in [6.45, 7) is -0.653. The van der Waals surface area contributed by atoms with E-state index in [0.717, 1.165) is 6.29 Å². The molecule has 2 saturated heterocycles. The average Bonchev–Trinajstić information content (AvgIpc) is 2.93. The minimum absolute atomic E-state index is 0.0179. The molecule has 1 unspecified atom stereocenters. The van der Waals surface area contributed by atoms with E-state index < -0.39 is 23.9 Å². The van der Waals surface area contributed by atoms with Gasteiger partial charge in [-0.25, -0.2) is 0 Å². The highest BCUT2D eigenvalue weighted by Gasteiger charge is 2.75. The lowest BCUT2D eigenvalue weighted by molar-refractivity contribution is -0.795. The quantitative estimate of drug-likeness (QED) is 0.460. The van der Waals surface area contributed by atoms with Gasteiger partial charge in [-0.15, -0.1) is 0 Å². The summed E-state index contributed by atoms with van der Waals surface area (Å²) in [7, 11) is 1.74. The van der Waals surface area contributed by atoms with Gasteiger partial charge in [0.05, 0.1) is 5.31 Å². The predicted molar refractivity (Wildman–Crippen MR) is 87.5 cm³/mol. The lowest BCUT2D eigenvalue weighted by Gasteiger charge is -2.49. The molecule has 2 aliphatic rings. The highest BCUT2D eigenvalue weighted by atomic mass is 16.7. The van der Waals surface area contributed by atoms with Gasteiger partial charge >= 0.3 is 18.6 Å². The third-order valence-corrected chi connectivity index (χ3v) is 5.25. The summed E-state index contributed by atoms with van der Waals surface area (Å²) >= 11 is 0. The van der Waals surface area contributed by atoms with Gasteiger partial charge in [0.25, 0.3) is 0 Å². The van der Waals surface area contributed by atoms with Gasteiger partial charge in [0.15, 0.2) is 0 Å². The van der Waals surface area contributed by atoms with Gasteiger partial charge in [0, 0.05) is 7.05 Å². The molecule has 2 fully saturated rings. The number of rotatable bonds is 5. The number of hydrogen-bond donors (Lipinski definition) is 0. The second-order valence-electron chi connectivity index (χ2n) is 6.74. The molecule has 1 aromatic rings. The van der Waals surface area contributed by atoms with E-state index in [0.29, 0.717) is 5.56 Å². The fourth-order valence-corrected chi connectivity index (χ4v) is 4.10. The van der Waals surface area contributed by atoms with Crippen LogP contribution in [0.2, 0.25) is 0 Å². The summed E-state index contributed by atoms with van der Waals surface area (Å²) in [5.41, 5.74) is 0.673. The third kappa shape index (κ3) is 2.04. The minimum atomic E-state index is -2.54. The van der Waals surface area contributed by atoms with Crippen LogP contribution in [0.3, 0.4) is 0 Å². The minimum Gasteiger partial charge on any atom is -0.599 e. The smallest absolute Gasteiger partial charge is 0.599 e. The van der Waals surface area contributed by atoms with Crippen LogP contribution in [0.15, 0.2) is 42.5 Å². The fraction of sp³-hybridized carbons (Fsp3) is 0.353. The maximum Gasteiger partial charge on any atom is 0.601 e. The van der Waals surface area contributed by atoms with E-state index in [1.807, 2.05) is 37.3 Å². The SMILES string of the molecule is C/C=C/CC(C=O)(c1ccccc1)[B-]12OC(=O)C[N+]1(C)CC(=O)O2. The molecule has 0 radical (unpaired) electrons. The third-order valence-electron chi connectivity index (χ3n) is 5.25. The standard InChI is InChI=1S/C17H20BNO5/c1-3-4-10-17(13-20,14-8-6-5-7-9-14)18-19(2,11-15(21)23-18)12-16(22)24-18/h3-9,13H,10-12H2,1-2H3/b4-3+. The van der Waals surface area contributed by atoms with Crippen molar-refractivity contribution in [3.8, 4) is 0 Å².